The Hall–Kier alpha value is -4.38. The summed E-state index contributed by atoms with van der Waals surface area (Å²) in [6, 6.07) is 22.3. The van der Waals surface area contributed by atoms with Gasteiger partial charge in [0.05, 0.1) is 23.8 Å². The van der Waals surface area contributed by atoms with Gasteiger partial charge in [-0.1, -0.05) is 67.3 Å². The number of aliphatic imine (C=N–C) groups is 1. The van der Waals surface area contributed by atoms with Crippen LogP contribution >= 0.6 is 0 Å². The molecule has 0 aliphatic carbocycles. The summed E-state index contributed by atoms with van der Waals surface area (Å²) in [4.78, 5) is 22.2. The van der Waals surface area contributed by atoms with Gasteiger partial charge in [-0.2, -0.15) is 0 Å². The molecule has 0 saturated carbocycles. The zero-order chi connectivity index (χ0) is 32.1. The molecule has 11 nitrogen and oxygen atoms in total. The number of benzene rings is 3. The highest BCUT2D eigenvalue weighted by atomic mass is 32.2. The number of nitrogens with one attached hydrogen (secondary N) is 1. The van der Waals surface area contributed by atoms with Crippen molar-refractivity contribution in [1.29, 1.82) is 0 Å². The highest BCUT2D eigenvalue weighted by molar-refractivity contribution is 7.91. The molecule has 238 valence electrons. The molecule has 1 aliphatic heterocycles. The second-order valence-electron chi connectivity index (χ2n) is 10.7. The molecule has 1 aliphatic rings. The lowest BCUT2D eigenvalue weighted by molar-refractivity contribution is -0.129. The number of carbonyl (C=O) groups excluding carboxylic acids is 1. The maximum atomic E-state index is 14.3. The highest BCUT2D eigenvalue weighted by Gasteiger charge is 2.54. The van der Waals surface area contributed by atoms with Crippen molar-refractivity contribution >= 4 is 21.6 Å². The average Bonchev–Trinajstić information content (AvgIpc) is 3.46. The van der Waals surface area contributed by atoms with Crippen molar-refractivity contribution in [3.8, 4) is 5.75 Å². The molecular weight excluding hydrogens is 594 g/mol. The number of aliphatic hydroxyl groups is 1. The van der Waals surface area contributed by atoms with Crippen LogP contribution in [-0.2, 0) is 25.9 Å². The van der Waals surface area contributed by atoms with E-state index in [0.717, 1.165) is 19.3 Å². The summed E-state index contributed by atoms with van der Waals surface area (Å²) >= 11 is 0. The fourth-order valence-corrected chi connectivity index (χ4v) is 6.54. The van der Waals surface area contributed by atoms with Crippen molar-refractivity contribution in [3.63, 3.8) is 0 Å². The van der Waals surface area contributed by atoms with Crippen LogP contribution in [0.15, 0.2) is 93.9 Å². The van der Waals surface area contributed by atoms with E-state index in [1.54, 1.807) is 66.7 Å². The molecule has 0 saturated heterocycles. The third kappa shape index (κ3) is 8.42. The van der Waals surface area contributed by atoms with Crippen molar-refractivity contribution in [2.75, 3.05) is 25.5 Å². The summed E-state index contributed by atoms with van der Waals surface area (Å²) in [5.74, 6) is -0.0201. The van der Waals surface area contributed by atoms with Crippen LogP contribution in [0.25, 0.3) is 10.4 Å². The lowest BCUT2D eigenvalue weighted by Gasteiger charge is -2.31. The normalized spacial score (nSPS) is 17.6. The number of sulfone groups is 1. The standard InChI is InChI=1S/C33H39N5O6S/c1-2-3-9-20-35-32(40)33(19-23-45(41,42)28-12-5-4-6-13-28)30(29-14-8-7-11-26(29)24-36-38-34)44-31(37-33)25-15-17-27(18-16-25)43-22-10-21-39/h4-8,11-18,30,39H,2-3,9-10,19-24H2,1H3,(H,35,40)/t30-,33-/m1/s1. The lowest BCUT2D eigenvalue weighted by Crippen LogP contribution is -2.49. The van der Waals surface area contributed by atoms with E-state index in [0.29, 0.717) is 42.0 Å². The molecule has 0 unspecified atom stereocenters. The number of amides is 1. The number of carbonyl (C=O) groups is 1. The van der Waals surface area contributed by atoms with Gasteiger partial charge in [-0.15, -0.1) is 0 Å². The van der Waals surface area contributed by atoms with Gasteiger partial charge >= 0.3 is 0 Å². The summed E-state index contributed by atoms with van der Waals surface area (Å²) in [7, 11) is -3.78. The van der Waals surface area contributed by atoms with Gasteiger partial charge in [0.25, 0.3) is 5.91 Å². The molecule has 1 amide bonds. The molecule has 0 fully saturated rings. The molecule has 2 atom stereocenters. The van der Waals surface area contributed by atoms with Gasteiger partial charge in [-0.3, -0.25) is 4.79 Å². The Kier molecular flexibility index (Phi) is 12.0. The number of azide groups is 1. The van der Waals surface area contributed by atoms with Gasteiger partial charge in [-0.05, 0) is 59.5 Å². The van der Waals surface area contributed by atoms with Gasteiger partial charge in [-0.25, -0.2) is 13.4 Å². The van der Waals surface area contributed by atoms with Crippen LogP contribution in [0.3, 0.4) is 0 Å². The number of ether oxygens (including phenoxy) is 2. The van der Waals surface area contributed by atoms with Crippen LogP contribution in [0.4, 0.5) is 0 Å². The predicted octanol–water partition coefficient (Wildman–Crippen LogP) is 5.69. The largest absolute Gasteiger partial charge is 0.494 e. The van der Waals surface area contributed by atoms with E-state index >= 15 is 0 Å². The quantitative estimate of drug-likeness (QED) is 0.0840. The van der Waals surface area contributed by atoms with Gasteiger partial charge in [0.15, 0.2) is 21.5 Å². The molecule has 2 N–H and O–H groups in total. The van der Waals surface area contributed by atoms with E-state index in [-0.39, 0.29) is 36.1 Å². The van der Waals surface area contributed by atoms with Crippen LogP contribution in [0.1, 0.15) is 61.8 Å². The van der Waals surface area contributed by atoms with Crippen molar-refractivity contribution in [3.05, 3.63) is 106 Å². The smallest absolute Gasteiger partial charge is 0.252 e. The van der Waals surface area contributed by atoms with E-state index in [4.69, 9.17) is 25.1 Å². The summed E-state index contributed by atoms with van der Waals surface area (Å²) < 4.78 is 39.2. The minimum Gasteiger partial charge on any atom is -0.494 e. The van der Waals surface area contributed by atoms with Crippen LogP contribution in [0, 0.1) is 0 Å². The van der Waals surface area contributed by atoms with E-state index in [2.05, 4.69) is 22.3 Å². The maximum Gasteiger partial charge on any atom is 0.252 e. The van der Waals surface area contributed by atoms with Crippen LogP contribution in [0.5, 0.6) is 5.75 Å². The molecule has 45 heavy (non-hydrogen) atoms. The first-order valence-corrected chi connectivity index (χ1v) is 16.7. The lowest BCUT2D eigenvalue weighted by atomic mass is 9.83. The van der Waals surface area contributed by atoms with Crippen molar-refractivity contribution < 1.29 is 27.8 Å². The summed E-state index contributed by atoms with van der Waals surface area (Å²) in [6.45, 7) is 2.86. The number of rotatable bonds is 17. The molecule has 0 radical (unpaired) electrons. The Balaban J connectivity index is 1.80. The molecule has 12 heteroatoms. The van der Waals surface area contributed by atoms with Crippen molar-refractivity contribution in [2.24, 2.45) is 10.1 Å². The van der Waals surface area contributed by atoms with E-state index < -0.39 is 27.4 Å². The SMILES string of the molecule is CCCCCNC(=O)[C@]1(CCS(=O)(=O)c2ccccc2)N=C(c2ccc(OCCCO)cc2)O[C@@H]1c1ccccc1CN=[N+]=[N-]. The molecule has 4 rings (SSSR count). The first-order valence-electron chi connectivity index (χ1n) is 15.1. The summed E-state index contributed by atoms with van der Waals surface area (Å²) in [5.41, 5.74) is 9.18. The van der Waals surface area contributed by atoms with Crippen molar-refractivity contribution in [1.82, 2.24) is 5.32 Å². The third-order valence-corrected chi connectivity index (χ3v) is 9.32. The fourth-order valence-electron chi connectivity index (χ4n) is 5.15. The molecule has 3 aromatic rings. The van der Waals surface area contributed by atoms with E-state index in [9.17, 15) is 13.2 Å². The molecule has 0 spiro atoms. The number of unbranched alkanes of at least 4 members (excludes halogenated alkanes) is 2. The second-order valence-corrected chi connectivity index (χ2v) is 12.8. The molecule has 3 aromatic carbocycles. The topological polar surface area (TPSA) is 163 Å². The minimum atomic E-state index is -3.78. The highest BCUT2D eigenvalue weighted by Crippen LogP contribution is 2.44. The summed E-state index contributed by atoms with van der Waals surface area (Å²) in [6.07, 6.45) is 1.98. The Labute approximate surface area is 263 Å². The number of hydrogen-bond donors (Lipinski definition) is 2. The molecular formula is C33H39N5O6S. The molecule has 0 bridgehead atoms. The Bertz CT molecular complexity index is 1610. The van der Waals surface area contributed by atoms with Gasteiger partial charge in [0.1, 0.15) is 5.75 Å². The summed E-state index contributed by atoms with van der Waals surface area (Å²) in [5, 5.41) is 15.8. The number of nitrogens with zero attached hydrogens (tertiary/aromatic N) is 4. The first kappa shape index (κ1) is 33.5. The van der Waals surface area contributed by atoms with Gasteiger partial charge in [0, 0.05) is 36.5 Å². The molecule has 1 heterocycles. The average molecular weight is 634 g/mol. The first-order chi connectivity index (χ1) is 21.8. The Morgan fingerprint density at radius 2 is 1.80 bits per heavy atom. The zero-order valence-electron chi connectivity index (χ0n) is 25.3. The van der Waals surface area contributed by atoms with Crippen LogP contribution < -0.4 is 10.1 Å². The minimum absolute atomic E-state index is 0.0122. The van der Waals surface area contributed by atoms with Gasteiger partial charge in [0.2, 0.25) is 5.90 Å². The van der Waals surface area contributed by atoms with Crippen LogP contribution in [0.2, 0.25) is 0 Å². The second kappa shape index (κ2) is 16.1. The van der Waals surface area contributed by atoms with E-state index in [1.165, 1.54) is 12.1 Å². The van der Waals surface area contributed by atoms with Crippen LogP contribution in [-0.4, -0.2) is 56.4 Å². The monoisotopic (exact) mass is 633 g/mol. The van der Waals surface area contributed by atoms with Gasteiger partial charge < -0.3 is 19.9 Å². The third-order valence-electron chi connectivity index (χ3n) is 7.59. The zero-order valence-corrected chi connectivity index (χ0v) is 26.2. The number of aliphatic hydroxyl groups excluding tert-OH is 1. The Morgan fingerprint density at radius 1 is 1.07 bits per heavy atom. The maximum absolute atomic E-state index is 14.3. The predicted molar refractivity (Wildman–Crippen MR) is 172 cm³/mol. The number of hydrogen-bond acceptors (Lipinski definition) is 8. The fraction of sp³-hybridized carbons (Fsp3) is 0.394. The van der Waals surface area contributed by atoms with Crippen molar-refractivity contribution in [2.45, 2.75) is 62.1 Å². The Morgan fingerprint density at radius 3 is 2.51 bits per heavy atom. The molecule has 0 aromatic heterocycles. The van der Waals surface area contributed by atoms with E-state index in [1.807, 2.05) is 0 Å².